The van der Waals surface area contributed by atoms with E-state index >= 15 is 0 Å². The number of hydrogen-bond acceptors (Lipinski definition) is 3. The second-order valence-electron chi connectivity index (χ2n) is 4.57. The molecule has 3 rings (SSSR count). The lowest BCUT2D eigenvalue weighted by molar-refractivity contribution is -0.132. The summed E-state index contributed by atoms with van der Waals surface area (Å²) in [4.78, 5) is 24.5. The molecule has 2 aromatic rings. The van der Waals surface area contributed by atoms with Crippen LogP contribution in [0.25, 0.3) is 10.8 Å². The lowest BCUT2D eigenvalue weighted by Gasteiger charge is -2.16. The highest BCUT2D eigenvalue weighted by Gasteiger charge is 2.33. The van der Waals surface area contributed by atoms with Crippen molar-refractivity contribution < 1.29 is 14.0 Å². The average Bonchev–Trinajstić information content (AvgIpc) is 2.91. The largest absolute Gasteiger partial charge is 0.288 e. The van der Waals surface area contributed by atoms with Gasteiger partial charge in [-0.1, -0.05) is 48.2 Å². The van der Waals surface area contributed by atoms with Crippen LogP contribution in [-0.2, 0) is 4.79 Å². The van der Waals surface area contributed by atoms with Crippen LogP contribution in [0.5, 0.6) is 0 Å². The molecule has 0 N–H and O–H groups in total. The van der Waals surface area contributed by atoms with Gasteiger partial charge in [0.2, 0.25) is 6.17 Å². The zero-order valence-electron chi connectivity index (χ0n) is 10.6. The summed E-state index contributed by atoms with van der Waals surface area (Å²) in [5.74, 6) is -0.232. The van der Waals surface area contributed by atoms with Crippen LogP contribution < -0.4 is 0 Å². The highest BCUT2D eigenvalue weighted by molar-refractivity contribution is 8.13. The van der Waals surface area contributed by atoms with E-state index in [1.165, 1.54) is 0 Å². The Hall–Kier alpha value is -1.88. The molecule has 0 aliphatic carbocycles. The number of thioether (sulfide) groups is 1. The van der Waals surface area contributed by atoms with Gasteiger partial charge in [-0.2, -0.15) is 0 Å². The van der Waals surface area contributed by atoms with Crippen LogP contribution in [0, 0.1) is 0 Å². The van der Waals surface area contributed by atoms with Gasteiger partial charge in [0.15, 0.2) is 0 Å². The molecule has 0 spiro atoms. The fraction of sp³-hybridized carbons (Fsp3) is 0.200. The topological polar surface area (TPSA) is 37.4 Å². The van der Waals surface area contributed by atoms with E-state index in [1.54, 1.807) is 18.2 Å². The van der Waals surface area contributed by atoms with Gasteiger partial charge in [0.1, 0.15) is 0 Å². The van der Waals surface area contributed by atoms with Gasteiger partial charge >= 0.3 is 0 Å². The summed E-state index contributed by atoms with van der Waals surface area (Å²) >= 11 is 1.05. The normalized spacial score (nSPS) is 16.6. The first-order valence-corrected chi connectivity index (χ1v) is 7.26. The number of nitrogens with zero attached hydrogens (tertiary/aromatic N) is 1. The average molecular weight is 289 g/mol. The Balaban J connectivity index is 1.89. The third-order valence-electron chi connectivity index (χ3n) is 3.31. The molecule has 0 saturated carbocycles. The summed E-state index contributed by atoms with van der Waals surface area (Å²) < 4.78 is 14.3. The van der Waals surface area contributed by atoms with Crippen LogP contribution >= 0.6 is 11.8 Å². The fourth-order valence-electron chi connectivity index (χ4n) is 2.24. The van der Waals surface area contributed by atoms with Crippen molar-refractivity contribution in [2.75, 3.05) is 12.3 Å². The SMILES string of the molecule is O=C1SCCN1C(=O)C(F)c1ccc2ccccc2c1. The van der Waals surface area contributed by atoms with E-state index in [0.29, 0.717) is 11.3 Å². The lowest BCUT2D eigenvalue weighted by Crippen LogP contribution is -2.33. The van der Waals surface area contributed by atoms with Gasteiger partial charge in [-0.15, -0.1) is 0 Å². The van der Waals surface area contributed by atoms with Gasteiger partial charge in [0.05, 0.1) is 0 Å². The quantitative estimate of drug-likeness (QED) is 0.848. The summed E-state index contributed by atoms with van der Waals surface area (Å²) in [6, 6.07) is 12.6. The summed E-state index contributed by atoms with van der Waals surface area (Å²) in [5, 5.41) is 1.50. The Labute approximate surface area is 119 Å². The predicted molar refractivity (Wildman–Crippen MR) is 77.4 cm³/mol. The Bertz CT molecular complexity index is 688. The van der Waals surface area contributed by atoms with E-state index in [2.05, 4.69) is 0 Å². The van der Waals surface area contributed by atoms with Crippen LogP contribution in [0.4, 0.5) is 9.18 Å². The molecule has 2 aromatic carbocycles. The van der Waals surface area contributed by atoms with E-state index in [9.17, 15) is 14.0 Å². The molecule has 0 radical (unpaired) electrons. The highest BCUT2D eigenvalue weighted by atomic mass is 32.2. The summed E-state index contributed by atoms with van der Waals surface area (Å²) in [5.41, 5.74) is 0.290. The number of carbonyl (C=O) groups is 2. The number of fused-ring (bicyclic) bond motifs is 1. The summed E-state index contributed by atoms with van der Waals surface area (Å²) in [6.45, 7) is 0.288. The maximum absolute atomic E-state index is 14.3. The third-order valence-corrected chi connectivity index (χ3v) is 4.16. The van der Waals surface area contributed by atoms with Crippen molar-refractivity contribution in [3.05, 3.63) is 48.0 Å². The number of halogens is 1. The minimum Gasteiger partial charge on any atom is -0.271 e. The van der Waals surface area contributed by atoms with E-state index in [-0.39, 0.29) is 11.8 Å². The first kappa shape index (κ1) is 13.1. The number of alkyl halides is 1. The molecule has 1 aliphatic rings. The van der Waals surface area contributed by atoms with Crippen LogP contribution in [0.3, 0.4) is 0 Å². The number of amides is 2. The minimum atomic E-state index is -1.79. The zero-order valence-corrected chi connectivity index (χ0v) is 11.4. The molecule has 1 aliphatic heterocycles. The molecule has 2 amide bonds. The van der Waals surface area contributed by atoms with Crippen LogP contribution in [0.15, 0.2) is 42.5 Å². The molecule has 1 atom stereocenters. The Morgan fingerprint density at radius 3 is 2.65 bits per heavy atom. The zero-order chi connectivity index (χ0) is 14.1. The monoisotopic (exact) mass is 289 g/mol. The van der Waals surface area contributed by atoms with Crippen molar-refractivity contribution in [1.82, 2.24) is 4.90 Å². The van der Waals surface area contributed by atoms with Crippen molar-refractivity contribution in [1.29, 1.82) is 0 Å². The van der Waals surface area contributed by atoms with E-state index < -0.39 is 12.1 Å². The molecular formula is C15H12FNO2S. The molecule has 102 valence electrons. The van der Waals surface area contributed by atoms with E-state index in [4.69, 9.17) is 0 Å². The number of benzene rings is 2. The number of hydrogen-bond donors (Lipinski definition) is 0. The molecular weight excluding hydrogens is 277 g/mol. The van der Waals surface area contributed by atoms with E-state index in [0.717, 1.165) is 27.4 Å². The number of imide groups is 1. The molecule has 1 fully saturated rings. The van der Waals surface area contributed by atoms with E-state index in [1.807, 2.05) is 24.3 Å². The molecule has 0 bridgehead atoms. The predicted octanol–water partition coefficient (Wildman–Crippen LogP) is 3.55. The molecule has 5 heteroatoms. The smallest absolute Gasteiger partial charge is 0.271 e. The third kappa shape index (κ3) is 2.29. The lowest BCUT2D eigenvalue weighted by atomic mass is 10.0. The maximum atomic E-state index is 14.3. The van der Waals surface area contributed by atoms with Crippen molar-refractivity contribution in [3.8, 4) is 0 Å². The van der Waals surface area contributed by atoms with Crippen molar-refractivity contribution in [3.63, 3.8) is 0 Å². The number of carbonyl (C=O) groups excluding carboxylic acids is 2. The molecule has 20 heavy (non-hydrogen) atoms. The van der Waals surface area contributed by atoms with Crippen LogP contribution in [0.1, 0.15) is 11.7 Å². The Morgan fingerprint density at radius 2 is 1.95 bits per heavy atom. The number of rotatable bonds is 2. The Kier molecular flexibility index (Phi) is 3.44. The summed E-state index contributed by atoms with van der Waals surface area (Å²) in [6.07, 6.45) is -1.79. The van der Waals surface area contributed by atoms with Crippen molar-refractivity contribution in [2.45, 2.75) is 6.17 Å². The fourth-order valence-corrected chi connectivity index (χ4v) is 3.02. The Morgan fingerprint density at radius 1 is 1.20 bits per heavy atom. The highest BCUT2D eigenvalue weighted by Crippen LogP contribution is 2.27. The molecule has 1 saturated heterocycles. The maximum Gasteiger partial charge on any atom is 0.288 e. The second kappa shape index (κ2) is 5.25. The molecule has 3 nitrogen and oxygen atoms in total. The molecule has 1 unspecified atom stereocenters. The minimum absolute atomic E-state index is 0.288. The van der Waals surface area contributed by atoms with Gasteiger partial charge in [-0.25, -0.2) is 4.39 Å². The second-order valence-corrected chi connectivity index (χ2v) is 5.62. The standard InChI is InChI=1S/C15H12FNO2S/c16-13(14(18)17-7-8-20-15(17)19)12-6-5-10-3-1-2-4-11(10)9-12/h1-6,9,13H,7-8H2. The van der Waals surface area contributed by atoms with Crippen molar-refractivity contribution in [2.24, 2.45) is 0 Å². The van der Waals surface area contributed by atoms with Gasteiger partial charge in [0, 0.05) is 12.3 Å². The first-order chi connectivity index (χ1) is 9.66. The first-order valence-electron chi connectivity index (χ1n) is 6.28. The van der Waals surface area contributed by atoms with Gasteiger partial charge in [-0.05, 0) is 22.4 Å². The summed E-state index contributed by atoms with van der Waals surface area (Å²) in [7, 11) is 0. The van der Waals surface area contributed by atoms with Crippen molar-refractivity contribution >= 4 is 33.7 Å². The molecule has 0 aromatic heterocycles. The van der Waals surface area contributed by atoms with Gasteiger partial charge < -0.3 is 0 Å². The van der Waals surface area contributed by atoms with Gasteiger partial charge in [0.25, 0.3) is 11.1 Å². The van der Waals surface area contributed by atoms with Gasteiger partial charge in [-0.3, -0.25) is 14.5 Å². The molecule has 1 heterocycles. The van der Waals surface area contributed by atoms with Crippen LogP contribution in [-0.4, -0.2) is 28.3 Å². The van der Waals surface area contributed by atoms with Crippen LogP contribution in [0.2, 0.25) is 0 Å².